The summed E-state index contributed by atoms with van der Waals surface area (Å²) in [7, 11) is 0. The quantitative estimate of drug-likeness (QED) is 0.833. The number of aromatic nitrogens is 3. The normalized spacial score (nSPS) is 12.6. The molecule has 0 radical (unpaired) electrons. The first kappa shape index (κ1) is 11.4. The number of aryl methyl sites for hydroxylation is 1. The lowest BCUT2D eigenvalue weighted by molar-refractivity contribution is -0.137. The molecule has 6 heteroatoms. The fourth-order valence-corrected chi connectivity index (χ4v) is 1.70. The lowest BCUT2D eigenvalue weighted by Crippen LogP contribution is -2.20. The average Bonchev–Trinajstić information content (AvgIpc) is 2.58. The van der Waals surface area contributed by atoms with Crippen molar-refractivity contribution in [2.24, 2.45) is 0 Å². The van der Waals surface area contributed by atoms with E-state index in [9.17, 15) is 4.79 Å². The van der Waals surface area contributed by atoms with Crippen LogP contribution < -0.4 is 5.32 Å². The Labute approximate surface area is 98.3 Å². The van der Waals surface area contributed by atoms with Crippen LogP contribution in [-0.2, 0) is 4.79 Å². The smallest absolute Gasteiger partial charge is 0.305 e. The lowest BCUT2D eigenvalue weighted by atomic mass is 10.2. The van der Waals surface area contributed by atoms with Gasteiger partial charge < -0.3 is 10.4 Å². The molecule has 2 aromatic heterocycles. The molecule has 0 spiro atoms. The van der Waals surface area contributed by atoms with E-state index in [0.717, 1.165) is 11.2 Å². The predicted molar refractivity (Wildman–Crippen MR) is 63.1 cm³/mol. The van der Waals surface area contributed by atoms with Crippen molar-refractivity contribution in [2.75, 3.05) is 5.32 Å². The number of carbonyl (C=O) groups is 1. The van der Waals surface area contributed by atoms with E-state index in [2.05, 4.69) is 15.4 Å². The summed E-state index contributed by atoms with van der Waals surface area (Å²) in [6.45, 7) is 3.71. The molecule has 2 rings (SSSR count). The maximum absolute atomic E-state index is 10.6. The van der Waals surface area contributed by atoms with Gasteiger partial charge in [0.25, 0.3) is 0 Å². The van der Waals surface area contributed by atoms with Crippen molar-refractivity contribution in [3.63, 3.8) is 0 Å². The standard InChI is InChI=1S/C11H14N4O2/c1-7(6-10(16)17)13-11-9-5-8(2)14-15(9)4-3-12-11/h3-5,7H,6H2,1-2H3,(H,12,13)(H,16,17). The van der Waals surface area contributed by atoms with Gasteiger partial charge in [0.2, 0.25) is 0 Å². The van der Waals surface area contributed by atoms with Gasteiger partial charge in [-0.1, -0.05) is 0 Å². The highest BCUT2D eigenvalue weighted by atomic mass is 16.4. The molecule has 0 aliphatic carbocycles. The van der Waals surface area contributed by atoms with E-state index in [4.69, 9.17) is 5.11 Å². The number of aliphatic carboxylic acids is 1. The van der Waals surface area contributed by atoms with Gasteiger partial charge in [-0.2, -0.15) is 5.10 Å². The minimum absolute atomic E-state index is 0.0514. The molecule has 90 valence electrons. The summed E-state index contributed by atoms with van der Waals surface area (Å²) >= 11 is 0. The van der Waals surface area contributed by atoms with Gasteiger partial charge in [0, 0.05) is 18.4 Å². The molecule has 2 heterocycles. The summed E-state index contributed by atoms with van der Waals surface area (Å²) in [6, 6.07) is 1.73. The third kappa shape index (κ3) is 2.52. The first-order valence-electron chi connectivity index (χ1n) is 5.35. The molecular formula is C11H14N4O2. The molecule has 17 heavy (non-hydrogen) atoms. The van der Waals surface area contributed by atoms with Crippen molar-refractivity contribution in [1.82, 2.24) is 14.6 Å². The van der Waals surface area contributed by atoms with Crippen molar-refractivity contribution in [3.8, 4) is 0 Å². The molecule has 0 aromatic carbocycles. The summed E-state index contributed by atoms with van der Waals surface area (Å²) in [5, 5.41) is 16.0. The van der Waals surface area contributed by atoms with Gasteiger partial charge in [-0.25, -0.2) is 9.50 Å². The number of rotatable bonds is 4. The third-order valence-electron chi connectivity index (χ3n) is 2.38. The van der Waals surface area contributed by atoms with Crippen molar-refractivity contribution in [1.29, 1.82) is 0 Å². The van der Waals surface area contributed by atoms with Crippen LogP contribution in [0.5, 0.6) is 0 Å². The largest absolute Gasteiger partial charge is 0.481 e. The van der Waals surface area contributed by atoms with Crippen LogP contribution in [0.1, 0.15) is 19.0 Å². The maximum atomic E-state index is 10.6. The van der Waals surface area contributed by atoms with Crippen LogP contribution in [0.15, 0.2) is 18.5 Å². The van der Waals surface area contributed by atoms with E-state index in [-0.39, 0.29) is 12.5 Å². The average molecular weight is 234 g/mol. The molecule has 1 unspecified atom stereocenters. The fourth-order valence-electron chi connectivity index (χ4n) is 1.70. The molecule has 2 aromatic rings. The molecule has 0 amide bonds. The van der Waals surface area contributed by atoms with Gasteiger partial charge in [-0.15, -0.1) is 0 Å². The third-order valence-corrected chi connectivity index (χ3v) is 2.38. The maximum Gasteiger partial charge on any atom is 0.305 e. The van der Waals surface area contributed by atoms with Crippen LogP contribution in [0.3, 0.4) is 0 Å². The molecule has 1 atom stereocenters. The SMILES string of the molecule is Cc1cc2c(NC(C)CC(=O)O)nccn2n1. The minimum atomic E-state index is -0.832. The Morgan fingerprint density at radius 3 is 3.12 bits per heavy atom. The monoisotopic (exact) mass is 234 g/mol. The summed E-state index contributed by atoms with van der Waals surface area (Å²) < 4.78 is 1.72. The second-order valence-corrected chi connectivity index (χ2v) is 4.03. The Balaban J connectivity index is 2.26. The van der Waals surface area contributed by atoms with Gasteiger partial charge in [-0.3, -0.25) is 4.79 Å². The number of fused-ring (bicyclic) bond motifs is 1. The fraction of sp³-hybridized carbons (Fsp3) is 0.364. The zero-order chi connectivity index (χ0) is 12.4. The highest BCUT2D eigenvalue weighted by molar-refractivity contribution is 5.71. The van der Waals surface area contributed by atoms with Crippen molar-refractivity contribution in [3.05, 3.63) is 24.2 Å². The van der Waals surface area contributed by atoms with E-state index in [1.807, 2.05) is 19.9 Å². The molecule has 0 aliphatic heterocycles. The number of hydrogen-bond donors (Lipinski definition) is 2. The molecule has 0 bridgehead atoms. The van der Waals surface area contributed by atoms with E-state index >= 15 is 0 Å². The van der Waals surface area contributed by atoms with E-state index < -0.39 is 5.97 Å². The highest BCUT2D eigenvalue weighted by Crippen LogP contribution is 2.16. The molecule has 0 fully saturated rings. The Morgan fingerprint density at radius 2 is 2.41 bits per heavy atom. The molecule has 6 nitrogen and oxygen atoms in total. The van der Waals surface area contributed by atoms with E-state index in [1.54, 1.807) is 16.9 Å². The first-order valence-corrected chi connectivity index (χ1v) is 5.35. The lowest BCUT2D eigenvalue weighted by Gasteiger charge is -2.12. The molecule has 2 N–H and O–H groups in total. The zero-order valence-electron chi connectivity index (χ0n) is 9.71. The number of hydrogen-bond acceptors (Lipinski definition) is 4. The van der Waals surface area contributed by atoms with Crippen LogP contribution in [0.25, 0.3) is 5.52 Å². The van der Waals surface area contributed by atoms with Gasteiger partial charge in [0.1, 0.15) is 5.52 Å². The van der Waals surface area contributed by atoms with E-state index in [0.29, 0.717) is 5.82 Å². The Bertz CT molecular complexity index is 549. The van der Waals surface area contributed by atoms with Gasteiger partial charge in [-0.05, 0) is 19.9 Å². The molecular weight excluding hydrogens is 220 g/mol. The van der Waals surface area contributed by atoms with Crippen molar-refractivity contribution < 1.29 is 9.90 Å². The Kier molecular flexibility index (Phi) is 2.95. The zero-order valence-corrected chi connectivity index (χ0v) is 9.71. The van der Waals surface area contributed by atoms with Crippen LogP contribution in [0.4, 0.5) is 5.82 Å². The molecule has 0 aliphatic rings. The Morgan fingerprint density at radius 1 is 1.65 bits per heavy atom. The second kappa shape index (κ2) is 4.40. The number of nitrogens with one attached hydrogen (secondary N) is 1. The topological polar surface area (TPSA) is 79.5 Å². The number of nitrogens with zero attached hydrogens (tertiary/aromatic N) is 3. The predicted octanol–water partition coefficient (Wildman–Crippen LogP) is 1.31. The van der Waals surface area contributed by atoms with Crippen LogP contribution in [-0.4, -0.2) is 31.7 Å². The van der Waals surface area contributed by atoms with Crippen molar-refractivity contribution >= 4 is 17.3 Å². The second-order valence-electron chi connectivity index (χ2n) is 4.03. The van der Waals surface area contributed by atoms with Gasteiger partial charge in [0.05, 0.1) is 12.1 Å². The summed E-state index contributed by atoms with van der Waals surface area (Å²) in [5.41, 5.74) is 1.74. The van der Waals surface area contributed by atoms with Gasteiger partial charge >= 0.3 is 5.97 Å². The van der Waals surface area contributed by atoms with Crippen LogP contribution in [0, 0.1) is 6.92 Å². The molecule has 0 saturated carbocycles. The highest BCUT2D eigenvalue weighted by Gasteiger charge is 2.11. The number of carboxylic acid groups (broad SMARTS) is 1. The first-order chi connectivity index (χ1) is 8.06. The minimum Gasteiger partial charge on any atom is -0.481 e. The number of anilines is 1. The molecule has 0 saturated heterocycles. The van der Waals surface area contributed by atoms with Crippen molar-refractivity contribution in [2.45, 2.75) is 26.3 Å². The summed E-state index contributed by atoms with van der Waals surface area (Å²) in [5.74, 6) is -0.177. The Hall–Kier alpha value is -2.11. The van der Waals surface area contributed by atoms with Crippen LogP contribution in [0.2, 0.25) is 0 Å². The summed E-state index contributed by atoms with van der Waals surface area (Å²) in [6.07, 6.45) is 3.44. The number of carboxylic acids is 1. The van der Waals surface area contributed by atoms with Gasteiger partial charge in [0.15, 0.2) is 5.82 Å². The van der Waals surface area contributed by atoms with E-state index in [1.165, 1.54) is 0 Å². The summed E-state index contributed by atoms with van der Waals surface area (Å²) in [4.78, 5) is 14.8. The van der Waals surface area contributed by atoms with Crippen LogP contribution >= 0.6 is 0 Å².